The van der Waals surface area contributed by atoms with Crippen molar-refractivity contribution in [3.8, 4) is 34.0 Å². The molecule has 59 heavy (non-hydrogen) atoms. The summed E-state index contributed by atoms with van der Waals surface area (Å²) in [5.74, 6) is 0.642. The molecule has 0 saturated carbocycles. The molecule has 11 aromatic rings. The summed E-state index contributed by atoms with van der Waals surface area (Å²) in [5.41, 5.74) is 14.4. The molecular weight excluding hydrogens is 721 g/mol. The summed E-state index contributed by atoms with van der Waals surface area (Å²) in [7, 11) is 0. The molecule has 12 rings (SSSR count). The van der Waals surface area contributed by atoms with Gasteiger partial charge < -0.3 is 13.6 Å². The number of aromatic nitrogens is 4. The standard InChI is InChI=1S/C54H42N4O/c1-53(2)30-31-54(3,4)43-32-36(26-29-42(43)53)58-45-20-12-9-17-38(45)40-28-27-39-37-16-8-11-19-44(37)57(49(39)50(40)58)35-24-22-33(23-25-35)48-47-41-18-10-13-21-46(41)59-52(47)56-51(55-48)34-14-6-5-7-15-34/h5-29,32H,30-31H2,1-4H3. The normalized spacial score (nSPS) is 14.9. The molecule has 4 aromatic heterocycles. The number of nitrogens with zero attached hydrogens (tertiary/aromatic N) is 4. The average molecular weight is 763 g/mol. The Morgan fingerprint density at radius 3 is 1.71 bits per heavy atom. The molecule has 0 radical (unpaired) electrons. The Hall–Kier alpha value is -6.98. The fraction of sp³-hybridized carbons (Fsp3) is 0.148. The van der Waals surface area contributed by atoms with Crippen molar-refractivity contribution < 1.29 is 4.42 Å². The van der Waals surface area contributed by atoms with Crippen molar-refractivity contribution in [3.05, 3.63) is 169 Å². The van der Waals surface area contributed by atoms with Crippen LogP contribution >= 0.6 is 0 Å². The molecule has 1 aliphatic carbocycles. The van der Waals surface area contributed by atoms with Crippen LogP contribution in [0.3, 0.4) is 0 Å². The van der Waals surface area contributed by atoms with Gasteiger partial charge in [0, 0.05) is 49.4 Å². The van der Waals surface area contributed by atoms with E-state index >= 15 is 0 Å². The molecule has 0 bridgehead atoms. The minimum absolute atomic E-state index is 0.0887. The van der Waals surface area contributed by atoms with Crippen LogP contribution in [-0.4, -0.2) is 19.1 Å². The Bertz CT molecular complexity index is 3490. The van der Waals surface area contributed by atoms with Gasteiger partial charge in [-0.3, -0.25) is 0 Å². The molecular formula is C54H42N4O. The van der Waals surface area contributed by atoms with Crippen molar-refractivity contribution >= 4 is 65.7 Å². The highest BCUT2D eigenvalue weighted by atomic mass is 16.3. The third-order valence-corrected chi connectivity index (χ3v) is 13.2. The zero-order valence-corrected chi connectivity index (χ0v) is 33.6. The Morgan fingerprint density at radius 2 is 1.03 bits per heavy atom. The van der Waals surface area contributed by atoms with Gasteiger partial charge in [0.25, 0.3) is 0 Å². The largest absolute Gasteiger partial charge is 0.438 e. The average Bonchev–Trinajstić information content (AvgIpc) is 3.93. The molecule has 0 aliphatic heterocycles. The quantitative estimate of drug-likeness (QED) is 0.179. The van der Waals surface area contributed by atoms with E-state index in [0.717, 1.165) is 38.9 Å². The first-order valence-electron chi connectivity index (χ1n) is 20.7. The van der Waals surface area contributed by atoms with Crippen LogP contribution in [-0.2, 0) is 10.8 Å². The lowest BCUT2D eigenvalue weighted by molar-refractivity contribution is 0.332. The summed E-state index contributed by atoms with van der Waals surface area (Å²) in [4.78, 5) is 10.2. The number of hydrogen-bond acceptors (Lipinski definition) is 3. The maximum absolute atomic E-state index is 6.36. The molecule has 0 amide bonds. The highest BCUT2D eigenvalue weighted by Gasteiger charge is 2.37. The number of furan rings is 1. The van der Waals surface area contributed by atoms with Crippen molar-refractivity contribution in [2.45, 2.75) is 51.4 Å². The van der Waals surface area contributed by atoms with Gasteiger partial charge in [-0.15, -0.1) is 0 Å². The van der Waals surface area contributed by atoms with Crippen LogP contribution < -0.4 is 0 Å². The summed E-state index contributed by atoms with van der Waals surface area (Å²) in [5, 5.41) is 6.89. The molecule has 284 valence electrons. The predicted molar refractivity (Wildman–Crippen MR) is 244 cm³/mol. The first kappa shape index (κ1) is 34.1. The van der Waals surface area contributed by atoms with Crippen LogP contribution in [0.25, 0.3) is 99.7 Å². The van der Waals surface area contributed by atoms with Crippen LogP contribution in [0.15, 0.2) is 162 Å². The van der Waals surface area contributed by atoms with Crippen molar-refractivity contribution in [2.24, 2.45) is 0 Å². The fourth-order valence-corrected chi connectivity index (χ4v) is 10.1. The summed E-state index contributed by atoms with van der Waals surface area (Å²) in [6, 6.07) is 56.8. The first-order chi connectivity index (χ1) is 28.7. The van der Waals surface area contributed by atoms with Gasteiger partial charge in [0.05, 0.1) is 33.1 Å². The van der Waals surface area contributed by atoms with Gasteiger partial charge in [-0.1, -0.05) is 143 Å². The summed E-state index contributed by atoms with van der Waals surface area (Å²) >= 11 is 0. The molecule has 0 atom stereocenters. The van der Waals surface area contributed by atoms with Crippen molar-refractivity contribution in [3.63, 3.8) is 0 Å². The summed E-state index contributed by atoms with van der Waals surface area (Å²) in [6.07, 6.45) is 2.36. The minimum Gasteiger partial charge on any atom is -0.438 e. The number of rotatable bonds is 4. The number of para-hydroxylation sites is 3. The van der Waals surface area contributed by atoms with Gasteiger partial charge in [0.15, 0.2) is 5.82 Å². The van der Waals surface area contributed by atoms with E-state index in [1.807, 2.05) is 48.5 Å². The molecule has 4 heterocycles. The lowest BCUT2D eigenvalue weighted by Gasteiger charge is -2.42. The number of fused-ring (bicyclic) bond motifs is 11. The van der Waals surface area contributed by atoms with Crippen LogP contribution in [0.4, 0.5) is 0 Å². The molecule has 5 heteroatoms. The fourth-order valence-electron chi connectivity index (χ4n) is 10.1. The lowest BCUT2D eigenvalue weighted by atomic mass is 9.63. The first-order valence-corrected chi connectivity index (χ1v) is 20.7. The molecule has 7 aromatic carbocycles. The van der Waals surface area contributed by atoms with Crippen molar-refractivity contribution in [1.29, 1.82) is 0 Å². The van der Waals surface area contributed by atoms with E-state index in [-0.39, 0.29) is 10.8 Å². The lowest BCUT2D eigenvalue weighted by Crippen LogP contribution is -2.33. The SMILES string of the molecule is CC1(C)CCC(C)(C)c2cc(-n3c4ccccc4c4ccc5c6ccccc6n(-c6ccc(-c7nc(-c8ccccc8)nc8oc9ccccc9c78)cc6)c5c43)ccc21. The van der Waals surface area contributed by atoms with E-state index in [1.54, 1.807) is 0 Å². The van der Waals surface area contributed by atoms with Gasteiger partial charge in [-0.25, -0.2) is 4.98 Å². The smallest absolute Gasteiger partial charge is 0.231 e. The third kappa shape index (κ3) is 4.97. The molecule has 0 unspecified atom stereocenters. The van der Waals surface area contributed by atoms with Gasteiger partial charge in [0.2, 0.25) is 5.71 Å². The zero-order valence-electron chi connectivity index (χ0n) is 33.6. The number of benzene rings is 7. The molecule has 1 aliphatic rings. The minimum atomic E-state index is 0.0887. The second-order valence-corrected chi connectivity index (χ2v) is 17.6. The molecule has 0 N–H and O–H groups in total. The number of hydrogen-bond donors (Lipinski definition) is 0. The summed E-state index contributed by atoms with van der Waals surface area (Å²) in [6.45, 7) is 9.64. The van der Waals surface area contributed by atoms with Gasteiger partial charge in [-0.2, -0.15) is 4.98 Å². The van der Waals surface area contributed by atoms with E-state index in [2.05, 4.69) is 146 Å². The predicted octanol–water partition coefficient (Wildman–Crippen LogP) is 14.3. The molecule has 0 fully saturated rings. The monoisotopic (exact) mass is 762 g/mol. The van der Waals surface area contributed by atoms with Crippen LogP contribution in [0.5, 0.6) is 0 Å². The molecule has 5 nitrogen and oxygen atoms in total. The Morgan fingerprint density at radius 1 is 0.475 bits per heavy atom. The van der Waals surface area contributed by atoms with Crippen LogP contribution in [0.2, 0.25) is 0 Å². The van der Waals surface area contributed by atoms with E-state index in [1.165, 1.54) is 73.3 Å². The van der Waals surface area contributed by atoms with Crippen molar-refractivity contribution in [2.75, 3.05) is 0 Å². The second kappa shape index (κ2) is 12.3. The second-order valence-electron chi connectivity index (χ2n) is 17.6. The van der Waals surface area contributed by atoms with Gasteiger partial charge >= 0.3 is 0 Å². The van der Waals surface area contributed by atoms with Gasteiger partial charge in [0.1, 0.15) is 5.58 Å². The maximum Gasteiger partial charge on any atom is 0.231 e. The molecule has 0 saturated heterocycles. The van der Waals surface area contributed by atoms with Crippen LogP contribution in [0.1, 0.15) is 51.7 Å². The van der Waals surface area contributed by atoms with Crippen LogP contribution in [0, 0.1) is 0 Å². The van der Waals surface area contributed by atoms with E-state index in [4.69, 9.17) is 14.4 Å². The van der Waals surface area contributed by atoms with Gasteiger partial charge in [-0.05, 0) is 77.3 Å². The van der Waals surface area contributed by atoms with E-state index < -0.39 is 0 Å². The van der Waals surface area contributed by atoms with E-state index in [0.29, 0.717) is 11.5 Å². The third-order valence-electron chi connectivity index (χ3n) is 13.2. The maximum atomic E-state index is 6.36. The van der Waals surface area contributed by atoms with E-state index in [9.17, 15) is 0 Å². The Labute approximate surface area is 342 Å². The highest BCUT2D eigenvalue weighted by Crippen LogP contribution is 2.48. The zero-order chi connectivity index (χ0) is 39.6. The highest BCUT2D eigenvalue weighted by molar-refractivity contribution is 6.24. The summed E-state index contributed by atoms with van der Waals surface area (Å²) < 4.78 is 11.4. The van der Waals surface area contributed by atoms with Crippen molar-refractivity contribution in [1.82, 2.24) is 19.1 Å². The molecule has 0 spiro atoms. The Kier molecular flexibility index (Phi) is 7.09. The Balaban J connectivity index is 1.12. The topological polar surface area (TPSA) is 48.8 Å².